The van der Waals surface area contributed by atoms with E-state index in [4.69, 9.17) is 85.0 Å². The molecule has 6 heterocycles. The second kappa shape index (κ2) is 31.8. The van der Waals surface area contributed by atoms with E-state index in [9.17, 15) is 14.4 Å². The summed E-state index contributed by atoms with van der Waals surface area (Å²) >= 11 is 0. The van der Waals surface area contributed by atoms with E-state index in [0.29, 0.717) is 159 Å². The van der Waals surface area contributed by atoms with Crippen molar-refractivity contribution in [2.24, 2.45) is 17.2 Å². The molecule has 4 aromatic heterocycles. The first-order valence-electron chi connectivity index (χ1n) is 29.8. The van der Waals surface area contributed by atoms with Crippen molar-refractivity contribution in [3.05, 3.63) is 96.8 Å². The lowest BCUT2D eigenvalue weighted by Crippen LogP contribution is -2.53. The van der Waals surface area contributed by atoms with Crippen LogP contribution in [0.1, 0.15) is 44.2 Å². The van der Waals surface area contributed by atoms with Gasteiger partial charge >= 0.3 is 0 Å². The lowest BCUT2D eigenvalue weighted by Gasteiger charge is -2.22. The van der Waals surface area contributed by atoms with Crippen molar-refractivity contribution in [2.75, 3.05) is 99.5 Å². The molecular weight excluding hydrogens is 1140 g/mol. The number of unbranched alkanes of at least 4 members (excludes halogenated alkanes) is 2. The molecule has 10 rings (SSSR count). The molecule has 0 fully saturated rings. The molecule has 0 saturated heterocycles. The number of aromatic nitrogens is 11. The van der Waals surface area contributed by atoms with Gasteiger partial charge in [-0.15, -0.1) is 5.10 Å². The predicted molar refractivity (Wildman–Crippen MR) is 331 cm³/mol. The highest BCUT2D eigenvalue weighted by Crippen LogP contribution is 2.47. The van der Waals surface area contributed by atoms with Gasteiger partial charge < -0.3 is 75.7 Å². The number of H-pyrrole nitrogens is 2. The molecule has 0 radical (unpaired) electrons. The van der Waals surface area contributed by atoms with E-state index in [-0.39, 0.29) is 59.4 Å². The third-order valence-electron chi connectivity index (χ3n) is 14.5. The number of amides is 3. The van der Waals surface area contributed by atoms with E-state index >= 15 is 0 Å². The zero-order chi connectivity index (χ0) is 61.7. The normalized spacial score (nSPS) is 12.4. The number of hydrogen-bond donors (Lipinski definition) is 7. The quantitative estimate of drug-likeness (QED) is 0.0258. The lowest BCUT2D eigenvalue weighted by atomic mass is 10.1. The van der Waals surface area contributed by atoms with Crippen LogP contribution in [0.25, 0.3) is 89.7 Å². The van der Waals surface area contributed by atoms with E-state index in [1.165, 1.54) is 4.68 Å². The first kappa shape index (κ1) is 63.1. The van der Waals surface area contributed by atoms with Crippen molar-refractivity contribution in [3.63, 3.8) is 0 Å². The molecule has 10 N–H and O–H groups in total. The molecule has 468 valence electrons. The number of carbonyl (C=O) groups excluding carboxylic acids is 3. The molecule has 2 aliphatic heterocycles. The fourth-order valence-electron chi connectivity index (χ4n) is 10.1. The lowest BCUT2D eigenvalue weighted by molar-refractivity contribution is -0.131. The highest BCUT2D eigenvalue weighted by Gasteiger charge is 2.30. The summed E-state index contributed by atoms with van der Waals surface area (Å²) in [7, 11) is 1.63. The Bertz CT molecular complexity index is 3880. The van der Waals surface area contributed by atoms with Crippen molar-refractivity contribution in [2.45, 2.75) is 63.8 Å². The molecule has 3 amide bonds. The van der Waals surface area contributed by atoms with Crippen LogP contribution in [0.4, 0.5) is 0 Å². The second-order valence-corrected chi connectivity index (χ2v) is 20.8. The van der Waals surface area contributed by atoms with Crippen LogP contribution in [-0.2, 0) is 56.0 Å². The van der Waals surface area contributed by atoms with Crippen molar-refractivity contribution < 1.29 is 52.3 Å². The first-order chi connectivity index (χ1) is 43.7. The third-order valence-corrected chi connectivity index (χ3v) is 14.5. The zero-order valence-electron chi connectivity index (χ0n) is 49.6. The van der Waals surface area contributed by atoms with Gasteiger partial charge in [-0.25, -0.2) is 34.6 Å². The smallest absolute Gasteiger partial charge is 0.243 e. The number of ether oxygens (including phenoxy) is 8. The molecule has 0 aliphatic carbocycles. The summed E-state index contributed by atoms with van der Waals surface area (Å²) < 4.78 is 48.4. The minimum atomic E-state index is -0.907. The van der Waals surface area contributed by atoms with E-state index in [2.05, 4.69) is 30.9 Å². The molecule has 0 unspecified atom stereocenters. The average molecular weight is 1220 g/mol. The Morgan fingerprint density at radius 1 is 0.517 bits per heavy atom. The van der Waals surface area contributed by atoms with Crippen LogP contribution < -0.4 is 37.3 Å². The van der Waals surface area contributed by atoms with Crippen LogP contribution >= 0.6 is 0 Å². The molecule has 2 atom stereocenters. The van der Waals surface area contributed by atoms with Crippen molar-refractivity contribution in [3.8, 4) is 57.1 Å². The van der Waals surface area contributed by atoms with Crippen LogP contribution in [0, 0.1) is 0 Å². The summed E-state index contributed by atoms with van der Waals surface area (Å²) in [6.45, 7) is 4.57. The number of carbonyl (C=O) groups is 3. The molecule has 8 aromatic rings. The standard InChI is InChI=1S/C62H74N16O11/c1-82-24-25-83-26-28-85-32-34-88-48-20-21-49(89-35-33-86-29-27-84-30-31-87-38-39-36-78(77-76-39)37-50(79)66-47(19-9-11-23-64)62(81)67-46(53(65)80)18-8-10-22-63)52-51(48)60-73-58-44-16-6-4-14-42(44)56(71-58)69-54-40-12-2-3-13-41(40)55(68-54)70-57-43-15-5-7-17-45(43)59(72-57)74-61(52)75-60/h2-7,12-17,20-21,36,46-47H,8-11,18-19,22-35,37-38,63-64H2,1H3,(H2,65,80)(H,66,79)(H,67,81)(H2,68,69,70,71,72,73,74,75)/t46-,47-/m0/s1. The summed E-state index contributed by atoms with van der Waals surface area (Å²) in [6, 6.07) is 25.5. The molecule has 0 saturated carbocycles. The first-order valence-corrected chi connectivity index (χ1v) is 29.8. The van der Waals surface area contributed by atoms with Crippen LogP contribution in [0.5, 0.6) is 11.5 Å². The number of aromatic amines is 2. The van der Waals surface area contributed by atoms with Crippen molar-refractivity contribution in [1.82, 2.24) is 65.5 Å². The molecule has 2 aliphatic rings. The van der Waals surface area contributed by atoms with Crippen molar-refractivity contribution >= 4 is 61.9 Å². The minimum Gasteiger partial charge on any atom is -0.490 e. The average Bonchev–Trinajstić information content (AvgIpc) is 2.81. The molecule has 27 heteroatoms. The Balaban J connectivity index is 0.790. The summed E-state index contributed by atoms with van der Waals surface area (Å²) in [6.07, 6.45) is 4.78. The summed E-state index contributed by atoms with van der Waals surface area (Å²) in [5, 5.41) is 16.9. The fourth-order valence-corrected chi connectivity index (χ4v) is 10.1. The number of rotatable bonds is 36. The van der Waals surface area contributed by atoms with Gasteiger partial charge in [-0.2, -0.15) is 0 Å². The molecule has 4 aromatic carbocycles. The van der Waals surface area contributed by atoms with E-state index < -0.39 is 29.8 Å². The number of benzene rings is 4. The molecule has 0 spiro atoms. The van der Waals surface area contributed by atoms with Gasteiger partial charge in [0.25, 0.3) is 0 Å². The van der Waals surface area contributed by atoms with Crippen LogP contribution in [0.15, 0.2) is 91.1 Å². The Morgan fingerprint density at radius 2 is 0.955 bits per heavy atom. The topological polar surface area (TPSA) is 367 Å². The molecule has 89 heavy (non-hydrogen) atoms. The van der Waals surface area contributed by atoms with Crippen molar-refractivity contribution in [1.29, 1.82) is 0 Å². The number of hydrogen-bond acceptors (Lipinski definition) is 21. The molecule has 8 bridgehead atoms. The van der Waals surface area contributed by atoms with Gasteiger partial charge in [0, 0.05) is 39.8 Å². The minimum absolute atomic E-state index is 0.120. The van der Waals surface area contributed by atoms with Gasteiger partial charge in [-0.1, -0.05) is 78.0 Å². The maximum atomic E-state index is 13.2. The van der Waals surface area contributed by atoms with Gasteiger partial charge in [0.15, 0.2) is 23.3 Å². The van der Waals surface area contributed by atoms with Gasteiger partial charge in [0.2, 0.25) is 17.7 Å². The predicted octanol–water partition coefficient (Wildman–Crippen LogP) is 4.86. The largest absolute Gasteiger partial charge is 0.490 e. The van der Waals surface area contributed by atoms with E-state index in [1.54, 1.807) is 13.3 Å². The van der Waals surface area contributed by atoms with E-state index in [1.807, 2.05) is 84.9 Å². The summed E-state index contributed by atoms with van der Waals surface area (Å²) in [4.78, 5) is 76.2. The highest BCUT2D eigenvalue weighted by atomic mass is 16.6. The van der Waals surface area contributed by atoms with Gasteiger partial charge in [0.05, 0.1) is 90.0 Å². The Morgan fingerprint density at radius 3 is 1.44 bits per heavy atom. The maximum absolute atomic E-state index is 13.2. The molecule has 27 nitrogen and oxygen atoms in total. The summed E-state index contributed by atoms with van der Waals surface area (Å²) in [5.74, 6) is 1.00. The summed E-state index contributed by atoms with van der Waals surface area (Å²) in [5.41, 5.74) is 22.3. The van der Waals surface area contributed by atoms with Gasteiger partial charge in [0.1, 0.15) is 71.6 Å². The van der Waals surface area contributed by atoms with E-state index in [0.717, 1.165) is 32.7 Å². The number of nitrogens with zero attached hydrogens (tertiary/aromatic N) is 9. The van der Waals surface area contributed by atoms with Gasteiger partial charge in [-0.05, 0) is 63.7 Å². The monoisotopic (exact) mass is 1220 g/mol. The Labute approximate surface area is 512 Å². The highest BCUT2D eigenvalue weighted by molar-refractivity contribution is 6.06. The number of methoxy groups -OCH3 is 1. The van der Waals surface area contributed by atoms with Gasteiger partial charge in [-0.3, -0.25) is 14.4 Å². The SMILES string of the molecule is COCCOCCOCCOc1ccc(OCCOCCOCCOCc2cn(CC(=O)N[C@@H](CCCCN)C(=O)N[C@@H](CCCCN)C(N)=O)nn2)c2c1-c1nc-2nc2[nH]c(nc3nc(nc4[nH]c(n1)c1ccccc41)-c1ccccc1-3)c1ccccc21. The molecular formula is C62H74N16O11. The number of nitrogens with one attached hydrogen (secondary N) is 4. The Kier molecular flexibility index (Phi) is 22.6. The Hall–Kier alpha value is -8.93. The van der Waals surface area contributed by atoms with Crippen LogP contribution in [0.2, 0.25) is 0 Å². The second-order valence-electron chi connectivity index (χ2n) is 20.8. The number of fused-ring (bicyclic) bond motifs is 20. The van der Waals surface area contributed by atoms with Crippen LogP contribution in [0.3, 0.4) is 0 Å². The van der Waals surface area contributed by atoms with Crippen LogP contribution in [-0.4, -0.2) is 184 Å². The fraction of sp³-hybridized carbons (Fsp3) is 0.403. The zero-order valence-corrected chi connectivity index (χ0v) is 49.6. The number of nitrogens with two attached hydrogens (primary N) is 3. The third kappa shape index (κ3) is 16.4. The number of primary amides is 1. The maximum Gasteiger partial charge on any atom is 0.243 e.